The van der Waals surface area contributed by atoms with Crippen molar-refractivity contribution in [3.05, 3.63) is 29.0 Å². The Hall–Kier alpha value is -1.33. The van der Waals surface area contributed by atoms with Gasteiger partial charge in [-0.3, -0.25) is 0 Å². The van der Waals surface area contributed by atoms with Gasteiger partial charge in [0, 0.05) is 19.2 Å². The number of carbonyl (C=O) groups excluding carboxylic acids is 1. The zero-order chi connectivity index (χ0) is 14.5. The third-order valence-electron chi connectivity index (χ3n) is 3.23. The van der Waals surface area contributed by atoms with Crippen LogP contribution in [0.1, 0.15) is 25.7 Å². The molecule has 20 heavy (non-hydrogen) atoms. The summed E-state index contributed by atoms with van der Waals surface area (Å²) in [6.45, 7) is 0.708. The molecule has 1 saturated carbocycles. The summed E-state index contributed by atoms with van der Waals surface area (Å²) in [5.41, 5.74) is 0.282. The van der Waals surface area contributed by atoms with Gasteiger partial charge in [0.15, 0.2) is 0 Å². The number of carbonyl (C=O) groups is 1. The molecular weight excluding hydrogens is 283 g/mol. The van der Waals surface area contributed by atoms with Crippen molar-refractivity contribution in [2.45, 2.75) is 31.7 Å². The monoisotopic (exact) mass is 300 g/mol. The number of hydrogen-bond donors (Lipinski definition) is 2. The molecule has 0 atom stereocenters. The fourth-order valence-electron chi connectivity index (χ4n) is 2.01. The van der Waals surface area contributed by atoms with Crippen molar-refractivity contribution in [1.82, 2.24) is 4.90 Å². The van der Waals surface area contributed by atoms with Crippen molar-refractivity contribution in [2.75, 3.05) is 18.5 Å². The predicted molar refractivity (Wildman–Crippen MR) is 76.5 cm³/mol. The van der Waals surface area contributed by atoms with Crippen LogP contribution >= 0.6 is 11.6 Å². The van der Waals surface area contributed by atoms with Gasteiger partial charge in [-0.1, -0.05) is 11.6 Å². The lowest BCUT2D eigenvalue weighted by molar-refractivity contribution is 0.204. The molecule has 2 N–H and O–H groups in total. The van der Waals surface area contributed by atoms with E-state index in [1.54, 1.807) is 4.90 Å². The van der Waals surface area contributed by atoms with E-state index in [0.29, 0.717) is 18.0 Å². The summed E-state index contributed by atoms with van der Waals surface area (Å²) in [4.78, 5) is 14.0. The Morgan fingerprint density at radius 1 is 1.45 bits per heavy atom. The lowest BCUT2D eigenvalue weighted by atomic mass is 10.3. The van der Waals surface area contributed by atoms with Crippen LogP contribution < -0.4 is 5.32 Å². The molecule has 0 aromatic heterocycles. The van der Waals surface area contributed by atoms with Gasteiger partial charge in [0.2, 0.25) is 0 Å². The molecular formula is C14H18ClFN2O2. The normalized spacial score (nSPS) is 14.2. The molecule has 1 fully saturated rings. The predicted octanol–water partition coefficient (Wildman–Crippen LogP) is 3.25. The van der Waals surface area contributed by atoms with Crippen molar-refractivity contribution < 1.29 is 14.3 Å². The number of nitrogens with zero attached hydrogens (tertiary/aromatic N) is 1. The third-order valence-corrected chi connectivity index (χ3v) is 3.56. The zero-order valence-electron chi connectivity index (χ0n) is 11.1. The Bertz CT molecular complexity index is 480. The Labute approximate surface area is 122 Å². The maximum absolute atomic E-state index is 13.2. The van der Waals surface area contributed by atoms with E-state index >= 15 is 0 Å². The first-order valence-corrected chi connectivity index (χ1v) is 7.13. The minimum absolute atomic E-state index is 0.121. The maximum atomic E-state index is 13.2. The fraction of sp³-hybridized carbons (Fsp3) is 0.500. The first-order chi connectivity index (χ1) is 9.61. The van der Waals surface area contributed by atoms with E-state index in [1.165, 1.54) is 18.2 Å². The quantitative estimate of drug-likeness (QED) is 0.792. The molecule has 6 heteroatoms. The molecule has 1 aliphatic rings. The number of benzene rings is 1. The lowest BCUT2D eigenvalue weighted by Gasteiger charge is -2.23. The molecule has 1 aromatic rings. The Balaban J connectivity index is 1.98. The average Bonchev–Trinajstić information content (AvgIpc) is 3.23. The largest absolute Gasteiger partial charge is 0.396 e. The van der Waals surface area contributed by atoms with Crippen LogP contribution in [0.15, 0.2) is 18.2 Å². The second-order valence-electron chi connectivity index (χ2n) is 4.91. The van der Waals surface area contributed by atoms with E-state index in [0.717, 1.165) is 19.3 Å². The summed E-state index contributed by atoms with van der Waals surface area (Å²) < 4.78 is 13.2. The van der Waals surface area contributed by atoms with E-state index in [4.69, 9.17) is 16.7 Å². The number of rotatable bonds is 6. The number of hydrogen-bond acceptors (Lipinski definition) is 2. The molecule has 0 bridgehead atoms. The molecule has 110 valence electrons. The highest BCUT2D eigenvalue weighted by molar-refractivity contribution is 6.33. The number of amides is 2. The van der Waals surface area contributed by atoms with Crippen molar-refractivity contribution >= 4 is 23.3 Å². The molecule has 1 aromatic carbocycles. The molecule has 4 nitrogen and oxygen atoms in total. The second-order valence-corrected chi connectivity index (χ2v) is 5.32. The van der Waals surface area contributed by atoms with Crippen LogP contribution in [-0.4, -0.2) is 35.2 Å². The van der Waals surface area contributed by atoms with Crippen LogP contribution in [0.3, 0.4) is 0 Å². The average molecular weight is 301 g/mol. The summed E-state index contributed by atoms with van der Waals surface area (Å²) in [6.07, 6.45) is 3.39. The van der Waals surface area contributed by atoms with Gasteiger partial charge >= 0.3 is 6.03 Å². The number of aliphatic hydroxyl groups is 1. The highest BCUT2D eigenvalue weighted by Gasteiger charge is 2.32. The van der Waals surface area contributed by atoms with Crippen molar-refractivity contribution in [3.63, 3.8) is 0 Å². The van der Waals surface area contributed by atoms with Gasteiger partial charge in [0.1, 0.15) is 5.82 Å². The van der Waals surface area contributed by atoms with Crippen LogP contribution in [0.25, 0.3) is 0 Å². The molecule has 0 aliphatic heterocycles. The van der Waals surface area contributed by atoms with Gasteiger partial charge < -0.3 is 15.3 Å². The Morgan fingerprint density at radius 3 is 2.85 bits per heavy atom. The highest BCUT2D eigenvalue weighted by atomic mass is 35.5. The lowest BCUT2D eigenvalue weighted by Crippen LogP contribution is -2.37. The van der Waals surface area contributed by atoms with Gasteiger partial charge in [0.25, 0.3) is 0 Å². The molecule has 2 rings (SSSR count). The van der Waals surface area contributed by atoms with E-state index in [1.807, 2.05) is 0 Å². The minimum Gasteiger partial charge on any atom is -0.396 e. The maximum Gasteiger partial charge on any atom is 0.322 e. The Morgan fingerprint density at radius 2 is 2.20 bits per heavy atom. The Kier molecular flexibility index (Phi) is 5.20. The second kappa shape index (κ2) is 6.90. The summed E-state index contributed by atoms with van der Waals surface area (Å²) in [6, 6.07) is 3.86. The third kappa shape index (κ3) is 4.08. The van der Waals surface area contributed by atoms with E-state index in [9.17, 15) is 9.18 Å². The number of halogens is 2. The molecule has 2 amide bonds. The molecule has 0 unspecified atom stereocenters. The highest BCUT2D eigenvalue weighted by Crippen LogP contribution is 2.29. The van der Waals surface area contributed by atoms with Crippen LogP contribution in [-0.2, 0) is 0 Å². The van der Waals surface area contributed by atoms with Crippen LogP contribution in [0.4, 0.5) is 14.9 Å². The summed E-state index contributed by atoms with van der Waals surface area (Å²) in [7, 11) is 0. The van der Waals surface area contributed by atoms with Gasteiger partial charge in [0.05, 0.1) is 10.7 Å². The van der Waals surface area contributed by atoms with E-state index in [2.05, 4.69) is 5.32 Å². The fourth-order valence-corrected chi connectivity index (χ4v) is 2.18. The topological polar surface area (TPSA) is 52.6 Å². The van der Waals surface area contributed by atoms with Gasteiger partial charge in [-0.25, -0.2) is 9.18 Å². The number of urea groups is 1. The number of unbranched alkanes of at least 4 members (excludes halogenated alkanes) is 1. The number of anilines is 1. The first-order valence-electron chi connectivity index (χ1n) is 6.75. The van der Waals surface area contributed by atoms with Crippen LogP contribution in [0, 0.1) is 5.82 Å². The van der Waals surface area contributed by atoms with Gasteiger partial charge in [-0.05, 0) is 43.9 Å². The molecule has 0 heterocycles. The summed E-state index contributed by atoms with van der Waals surface area (Å²) in [5.74, 6) is -0.442. The van der Waals surface area contributed by atoms with Crippen LogP contribution in [0.5, 0.6) is 0 Å². The number of aliphatic hydroxyl groups excluding tert-OH is 1. The summed E-state index contributed by atoms with van der Waals surface area (Å²) in [5, 5.41) is 11.8. The SMILES string of the molecule is O=C(Nc1cc(F)ccc1Cl)N(CCCCO)C1CC1. The zero-order valence-corrected chi connectivity index (χ0v) is 11.9. The molecule has 0 spiro atoms. The molecule has 0 radical (unpaired) electrons. The van der Waals surface area contributed by atoms with Gasteiger partial charge in [-0.15, -0.1) is 0 Å². The van der Waals surface area contributed by atoms with Crippen molar-refractivity contribution in [3.8, 4) is 0 Å². The number of nitrogens with one attached hydrogen (secondary N) is 1. The minimum atomic E-state index is -0.442. The molecule has 1 aliphatic carbocycles. The van der Waals surface area contributed by atoms with Crippen molar-refractivity contribution in [1.29, 1.82) is 0 Å². The van der Waals surface area contributed by atoms with Crippen molar-refractivity contribution in [2.24, 2.45) is 0 Å². The molecule has 0 saturated heterocycles. The summed E-state index contributed by atoms with van der Waals surface area (Å²) >= 11 is 5.93. The van der Waals surface area contributed by atoms with E-state index in [-0.39, 0.29) is 24.4 Å². The van der Waals surface area contributed by atoms with Crippen LogP contribution in [0.2, 0.25) is 5.02 Å². The first kappa shape index (κ1) is 15.1. The van der Waals surface area contributed by atoms with Gasteiger partial charge in [-0.2, -0.15) is 0 Å². The van der Waals surface area contributed by atoms with E-state index < -0.39 is 5.82 Å². The standard InChI is InChI=1S/C14H18ClFN2O2/c15-12-6-3-10(16)9-13(12)17-14(20)18(11-4-5-11)7-1-2-8-19/h3,6,9,11,19H,1-2,4-5,7-8H2,(H,17,20). The smallest absolute Gasteiger partial charge is 0.322 e.